The quantitative estimate of drug-likeness (QED) is 0.813. The minimum absolute atomic E-state index is 0.222. The van der Waals surface area contributed by atoms with Crippen LogP contribution in [0, 0.1) is 12.7 Å². The highest BCUT2D eigenvalue weighted by molar-refractivity contribution is 5.82. The number of rotatable bonds is 6. The zero-order valence-corrected chi connectivity index (χ0v) is 11.8. The van der Waals surface area contributed by atoms with Gasteiger partial charge in [0.15, 0.2) is 0 Å². The first-order valence-electron chi connectivity index (χ1n) is 6.68. The summed E-state index contributed by atoms with van der Waals surface area (Å²) in [6, 6.07) is 4.65. The number of aryl methyl sites for hydroxylation is 1. The average molecular weight is 264 g/mol. The molecule has 1 aromatic carbocycles. The molecular formula is C15H21FN2O. The van der Waals surface area contributed by atoms with Gasteiger partial charge in [0.05, 0.1) is 6.54 Å². The number of hydrogen-bond donors (Lipinski definition) is 1. The summed E-state index contributed by atoms with van der Waals surface area (Å²) in [5.74, 6) is 0.667. The largest absolute Gasteiger partial charge is 0.459 e. The lowest BCUT2D eigenvalue weighted by atomic mass is 10.1. The van der Waals surface area contributed by atoms with Crippen molar-refractivity contribution in [3.8, 4) is 0 Å². The van der Waals surface area contributed by atoms with Gasteiger partial charge >= 0.3 is 0 Å². The summed E-state index contributed by atoms with van der Waals surface area (Å²) < 4.78 is 18.9. The van der Waals surface area contributed by atoms with Crippen molar-refractivity contribution in [2.24, 2.45) is 0 Å². The van der Waals surface area contributed by atoms with E-state index in [1.54, 1.807) is 6.07 Å². The Balaban J connectivity index is 1.99. The van der Waals surface area contributed by atoms with Crippen LogP contribution in [0.2, 0.25) is 0 Å². The normalized spacial score (nSPS) is 11.6. The van der Waals surface area contributed by atoms with Crippen LogP contribution in [0.1, 0.15) is 18.2 Å². The van der Waals surface area contributed by atoms with Gasteiger partial charge in [-0.15, -0.1) is 0 Å². The third-order valence-corrected chi connectivity index (χ3v) is 3.49. The maximum Gasteiger partial charge on any atom is 0.134 e. The number of hydrogen-bond acceptors (Lipinski definition) is 3. The van der Waals surface area contributed by atoms with Gasteiger partial charge < -0.3 is 14.6 Å². The average Bonchev–Trinajstić information content (AvgIpc) is 2.71. The monoisotopic (exact) mass is 264 g/mol. The van der Waals surface area contributed by atoms with Crippen LogP contribution in [-0.4, -0.2) is 31.6 Å². The highest BCUT2D eigenvalue weighted by Gasteiger charge is 2.10. The lowest BCUT2D eigenvalue weighted by Gasteiger charge is -2.13. The molecule has 0 fully saturated rings. The summed E-state index contributed by atoms with van der Waals surface area (Å²) in [6.45, 7) is 7.75. The summed E-state index contributed by atoms with van der Waals surface area (Å²) in [7, 11) is 2.09. The summed E-state index contributed by atoms with van der Waals surface area (Å²) >= 11 is 0. The number of nitrogens with zero attached hydrogens (tertiary/aromatic N) is 1. The molecule has 0 unspecified atom stereocenters. The molecule has 2 aromatic rings. The van der Waals surface area contributed by atoms with E-state index >= 15 is 0 Å². The first-order chi connectivity index (χ1) is 9.11. The van der Waals surface area contributed by atoms with Gasteiger partial charge in [-0.3, -0.25) is 0 Å². The Bertz CT molecular complexity index is 550. The number of halogens is 1. The molecule has 1 aromatic heterocycles. The molecule has 2 rings (SSSR count). The van der Waals surface area contributed by atoms with Gasteiger partial charge in [-0.25, -0.2) is 4.39 Å². The second-order valence-electron chi connectivity index (χ2n) is 4.86. The Morgan fingerprint density at radius 3 is 2.89 bits per heavy atom. The lowest BCUT2D eigenvalue weighted by molar-refractivity contribution is 0.346. The van der Waals surface area contributed by atoms with Gasteiger partial charge in [-0.2, -0.15) is 0 Å². The van der Waals surface area contributed by atoms with Crippen molar-refractivity contribution in [3.63, 3.8) is 0 Å². The number of furan rings is 1. The van der Waals surface area contributed by atoms with Crippen LogP contribution >= 0.6 is 0 Å². The highest BCUT2D eigenvalue weighted by atomic mass is 19.1. The molecule has 1 heterocycles. The van der Waals surface area contributed by atoms with Crippen LogP contribution in [0.15, 0.2) is 22.6 Å². The highest BCUT2D eigenvalue weighted by Crippen LogP contribution is 2.25. The molecule has 104 valence electrons. The molecule has 0 aliphatic carbocycles. The molecule has 0 aliphatic heterocycles. The molecule has 0 aliphatic rings. The van der Waals surface area contributed by atoms with Gasteiger partial charge in [0.25, 0.3) is 0 Å². The van der Waals surface area contributed by atoms with Crippen LogP contribution < -0.4 is 5.32 Å². The smallest absolute Gasteiger partial charge is 0.134 e. The van der Waals surface area contributed by atoms with Gasteiger partial charge in [0, 0.05) is 18.5 Å². The number of nitrogens with one attached hydrogen (secondary N) is 1. The predicted octanol–water partition coefficient (Wildman–Crippen LogP) is 2.92. The maximum atomic E-state index is 13.2. The van der Waals surface area contributed by atoms with Crippen LogP contribution in [0.3, 0.4) is 0 Å². The van der Waals surface area contributed by atoms with E-state index in [2.05, 4.69) is 24.2 Å². The Morgan fingerprint density at radius 2 is 2.16 bits per heavy atom. The van der Waals surface area contributed by atoms with Crippen LogP contribution in [0.25, 0.3) is 11.0 Å². The second kappa shape index (κ2) is 6.17. The first kappa shape index (κ1) is 14.0. The topological polar surface area (TPSA) is 28.4 Å². The third-order valence-electron chi connectivity index (χ3n) is 3.49. The molecule has 3 nitrogen and oxygen atoms in total. The summed E-state index contributed by atoms with van der Waals surface area (Å²) in [6.07, 6.45) is 0. The SMILES string of the molecule is CCN(C)CCNCc1oc2ccc(F)cc2c1C. The van der Waals surface area contributed by atoms with E-state index in [4.69, 9.17) is 4.42 Å². The standard InChI is InChI=1S/C15H21FN2O/c1-4-18(3)8-7-17-10-15-11(2)13-9-12(16)5-6-14(13)19-15/h5-6,9,17H,4,7-8,10H2,1-3H3. The Labute approximate surface area is 113 Å². The fourth-order valence-corrected chi connectivity index (χ4v) is 2.04. The summed E-state index contributed by atoms with van der Waals surface area (Å²) in [5, 5.41) is 4.22. The Kier molecular flexibility index (Phi) is 4.56. The van der Waals surface area contributed by atoms with Crippen molar-refractivity contribution in [2.75, 3.05) is 26.7 Å². The molecule has 1 N–H and O–H groups in total. The van der Waals surface area contributed by atoms with E-state index in [0.29, 0.717) is 6.54 Å². The zero-order chi connectivity index (χ0) is 13.8. The summed E-state index contributed by atoms with van der Waals surface area (Å²) in [5.41, 5.74) is 1.77. The third kappa shape index (κ3) is 3.33. The second-order valence-corrected chi connectivity index (χ2v) is 4.86. The summed E-state index contributed by atoms with van der Waals surface area (Å²) in [4.78, 5) is 2.24. The molecule has 19 heavy (non-hydrogen) atoms. The van der Waals surface area contributed by atoms with Gasteiger partial charge in [-0.05, 0) is 44.3 Å². The molecule has 0 saturated carbocycles. The Morgan fingerprint density at radius 1 is 1.37 bits per heavy atom. The molecular weight excluding hydrogens is 243 g/mol. The van der Waals surface area contributed by atoms with Crippen molar-refractivity contribution in [3.05, 3.63) is 35.3 Å². The van der Waals surface area contributed by atoms with Crippen molar-refractivity contribution in [1.29, 1.82) is 0 Å². The molecule has 0 radical (unpaired) electrons. The zero-order valence-electron chi connectivity index (χ0n) is 11.8. The van der Waals surface area contributed by atoms with Gasteiger partial charge in [-0.1, -0.05) is 6.92 Å². The molecule has 4 heteroatoms. The van der Waals surface area contributed by atoms with Crippen LogP contribution in [0.4, 0.5) is 4.39 Å². The predicted molar refractivity (Wildman–Crippen MR) is 75.8 cm³/mol. The van der Waals surface area contributed by atoms with E-state index in [1.165, 1.54) is 12.1 Å². The van der Waals surface area contributed by atoms with Gasteiger partial charge in [0.1, 0.15) is 17.2 Å². The number of benzene rings is 1. The molecule has 0 spiro atoms. The van der Waals surface area contributed by atoms with Crippen molar-refractivity contribution < 1.29 is 8.81 Å². The van der Waals surface area contributed by atoms with Crippen molar-refractivity contribution >= 4 is 11.0 Å². The van der Waals surface area contributed by atoms with Crippen LogP contribution in [0.5, 0.6) is 0 Å². The Hall–Kier alpha value is -1.39. The maximum absolute atomic E-state index is 13.2. The van der Waals surface area contributed by atoms with Crippen molar-refractivity contribution in [2.45, 2.75) is 20.4 Å². The van der Waals surface area contributed by atoms with E-state index < -0.39 is 0 Å². The van der Waals surface area contributed by atoms with E-state index in [-0.39, 0.29) is 5.82 Å². The molecule has 0 amide bonds. The number of fused-ring (bicyclic) bond motifs is 1. The fourth-order valence-electron chi connectivity index (χ4n) is 2.04. The van der Waals surface area contributed by atoms with Crippen molar-refractivity contribution in [1.82, 2.24) is 10.2 Å². The van der Waals surface area contributed by atoms with Crippen LogP contribution in [-0.2, 0) is 6.54 Å². The van der Waals surface area contributed by atoms with Gasteiger partial charge in [0.2, 0.25) is 0 Å². The molecule has 0 bridgehead atoms. The lowest BCUT2D eigenvalue weighted by Crippen LogP contribution is -2.28. The fraction of sp³-hybridized carbons (Fsp3) is 0.467. The molecule has 0 saturated heterocycles. The minimum atomic E-state index is -0.222. The number of likely N-dealkylation sites (N-methyl/N-ethyl adjacent to an activating group) is 1. The minimum Gasteiger partial charge on any atom is -0.459 e. The first-order valence-corrected chi connectivity index (χ1v) is 6.68. The van der Waals surface area contributed by atoms with E-state index in [1.807, 2.05) is 6.92 Å². The van der Waals surface area contributed by atoms with E-state index in [0.717, 1.165) is 41.9 Å². The molecule has 0 atom stereocenters. The van der Waals surface area contributed by atoms with E-state index in [9.17, 15) is 4.39 Å².